The van der Waals surface area contributed by atoms with Crippen LogP contribution in [-0.2, 0) is 6.18 Å². The number of nitrogens with two attached hydrogens (primary N) is 1. The van der Waals surface area contributed by atoms with Crippen LogP contribution in [0.4, 0.5) is 27.8 Å². The number of halogens is 6. The van der Waals surface area contributed by atoms with Crippen LogP contribution in [0.15, 0.2) is 45.7 Å². The van der Waals surface area contributed by atoms with Gasteiger partial charge in [-0.25, -0.2) is 8.78 Å². The van der Waals surface area contributed by atoms with Crippen LogP contribution in [0.25, 0.3) is 5.69 Å². The first-order valence-electron chi connectivity index (χ1n) is 8.83. The second-order valence-electron chi connectivity index (χ2n) is 6.76. The summed E-state index contributed by atoms with van der Waals surface area (Å²) in [6.45, 7) is 0. The number of ether oxygens (including phenoxy) is 1. The molecule has 13 heteroatoms. The molecular weight excluding hydrogens is 521 g/mol. The van der Waals surface area contributed by atoms with Gasteiger partial charge in [0.2, 0.25) is 0 Å². The van der Waals surface area contributed by atoms with E-state index < -0.39 is 46.5 Å². The fourth-order valence-corrected chi connectivity index (χ4v) is 3.62. The Morgan fingerprint density at radius 1 is 0.970 bits per heavy atom. The van der Waals surface area contributed by atoms with Gasteiger partial charge in [0, 0.05) is 16.6 Å². The molecule has 0 radical (unpaired) electrons. The van der Waals surface area contributed by atoms with Gasteiger partial charge in [-0.3, -0.25) is 24.3 Å². The lowest BCUT2D eigenvalue weighted by Gasteiger charge is -2.16. The number of rotatable bonds is 3. The van der Waals surface area contributed by atoms with Gasteiger partial charge in [-0.15, -0.1) is 0 Å². The molecule has 1 aromatic heterocycles. The Morgan fingerprint density at radius 3 is 2.21 bits per heavy atom. The van der Waals surface area contributed by atoms with Crippen LogP contribution in [0.5, 0.6) is 11.5 Å². The molecule has 0 unspecified atom stereocenters. The highest BCUT2D eigenvalue weighted by Gasteiger charge is 2.34. The van der Waals surface area contributed by atoms with Crippen molar-refractivity contribution in [2.24, 2.45) is 0 Å². The summed E-state index contributed by atoms with van der Waals surface area (Å²) in [6.07, 6.45) is -4.97. The number of carbonyl (C=O) groups excluding carboxylic acids is 2. The number of imide groups is 1. The fraction of sp³-hybridized carbons (Fsp3) is 0.0500. The van der Waals surface area contributed by atoms with E-state index in [-0.39, 0.29) is 45.0 Å². The standard InChI is InChI=1S/C20H9BrF5N3O4/c21-10-2-1-8(33-16-11(22)3-7(4-12(16)23)20(24,25)26)5-13(10)29-14(30)6-9-15(17(29)27)19(32)28-18(9)31/h1-6H,27H2,(H,28,31,32). The summed E-state index contributed by atoms with van der Waals surface area (Å²) < 4.78 is 72.7. The van der Waals surface area contributed by atoms with Crippen molar-refractivity contribution in [3.05, 3.63) is 79.5 Å². The lowest BCUT2D eigenvalue weighted by atomic mass is 10.1. The van der Waals surface area contributed by atoms with Crippen LogP contribution in [0.2, 0.25) is 0 Å². The molecular formula is C20H9BrF5N3O4. The van der Waals surface area contributed by atoms with Crippen molar-refractivity contribution < 1.29 is 36.3 Å². The maximum Gasteiger partial charge on any atom is 0.416 e. The number of amides is 2. The predicted molar refractivity (Wildman–Crippen MR) is 107 cm³/mol. The monoisotopic (exact) mass is 529 g/mol. The number of hydrogen-bond acceptors (Lipinski definition) is 5. The summed E-state index contributed by atoms with van der Waals surface area (Å²) in [7, 11) is 0. The fourth-order valence-electron chi connectivity index (χ4n) is 3.19. The van der Waals surface area contributed by atoms with E-state index in [0.717, 1.165) is 16.7 Å². The SMILES string of the molecule is Nc1c2c(cc(=O)n1-c1cc(Oc3c(F)cc(C(F)(F)F)cc3F)ccc1Br)C(=O)NC2=O. The molecule has 1 aliphatic heterocycles. The summed E-state index contributed by atoms with van der Waals surface area (Å²) in [6, 6.07) is 4.69. The van der Waals surface area contributed by atoms with Crippen molar-refractivity contribution in [3.63, 3.8) is 0 Å². The average molecular weight is 530 g/mol. The Bertz CT molecular complexity index is 1400. The largest absolute Gasteiger partial charge is 0.451 e. The minimum absolute atomic E-state index is 0.0299. The van der Waals surface area contributed by atoms with Gasteiger partial charge in [0.15, 0.2) is 17.4 Å². The lowest BCUT2D eigenvalue weighted by molar-refractivity contribution is -0.138. The van der Waals surface area contributed by atoms with E-state index in [1.54, 1.807) is 0 Å². The molecule has 0 saturated carbocycles. The number of fused-ring (bicyclic) bond motifs is 1. The quantitative estimate of drug-likeness (QED) is 0.391. The molecule has 2 amide bonds. The van der Waals surface area contributed by atoms with E-state index in [4.69, 9.17) is 10.5 Å². The Balaban J connectivity index is 1.81. The normalized spacial score (nSPS) is 13.2. The molecule has 4 rings (SSSR count). The first-order chi connectivity index (χ1) is 15.4. The number of benzene rings is 2. The summed E-state index contributed by atoms with van der Waals surface area (Å²) in [5.74, 6) is -6.57. The van der Waals surface area contributed by atoms with Crippen LogP contribution in [-0.4, -0.2) is 16.4 Å². The molecule has 2 aromatic carbocycles. The summed E-state index contributed by atoms with van der Waals surface area (Å²) in [4.78, 5) is 36.4. The van der Waals surface area contributed by atoms with Crippen LogP contribution in [0, 0.1) is 11.6 Å². The van der Waals surface area contributed by atoms with Crippen molar-refractivity contribution in [2.45, 2.75) is 6.18 Å². The van der Waals surface area contributed by atoms with E-state index in [1.165, 1.54) is 12.1 Å². The highest BCUT2D eigenvalue weighted by molar-refractivity contribution is 9.10. The van der Waals surface area contributed by atoms with Gasteiger partial charge in [0.1, 0.15) is 11.6 Å². The topological polar surface area (TPSA) is 103 Å². The van der Waals surface area contributed by atoms with E-state index in [1.807, 2.05) is 5.32 Å². The lowest BCUT2D eigenvalue weighted by Crippen LogP contribution is -2.24. The van der Waals surface area contributed by atoms with Crippen molar-refractivity contribution in [3.8, 4) is 17.2 Å². The molecule has 0 fully saturated rings. The van der Waals surface area contributed by atoms with Gasteiger partial charge in [0.05, 0.1) is 22.4 Å². The smallest absolute Gasteiger partial charge is 0.416 e. The third kappa shape index (κ3) is 3.84. The molecule has 0 atom stereocenters. The van der Waals surface area contributed by atoms with Gasteiger partial charge in [0.25, 0.3) is 17.4 Å². The Kier molecular flexibility index (Phi) is 5.23. The van der Waals surface area contributed by atoms with E-state index in [9.17, 15) is 36.3 Å². The molecule has 33 heavy (non-hydrogen) atoms. The number of nitrogens with zero attached hydrogens (tertiary/aromatic N) is 1. The Morgan fingerprint density at radius 2 is 1.61 bits per heavy atom. The highest BCUT2D eigenvalue weighted by Crippen LogP contribution is 2.37. The number of nitrogen functional groups attached to an aromatic ring is 1. The first kappa shape index (κ1) is 22.5. The first-order valence-corrected chi connectivity index (χ1v) is 9.63. The van der Waals surface area contributed by atoms with E-state index in [0.29, 0.717) is 0 Å². The second-order valence-corrected chi connectivity index (χ2v) is 7.61. The molecule has 7 nitrogen and oxygen atoms in total. The van der Waals surface area contributed by atoms with Crippen LogP contribution in [0.1, 0.15) is 26.3 Å². The minimum Gasteiger partial charge on any atom is -0.451 e. The molecule has 1 aliphatic rings. The highest BCUT2D eigenvalue weighted by atomic mass is 79.9. The van der Waals surface area contributed by atoms with Crippen LogP contribution >= 0.6 is 15.9 Å². The number of alkyl halides is 3. The predicted octanol–water partition coefficient (Wildman–Crippen LogP) is 4.16. The number of anilines is 1. The van der Waals surface area contributed by atoms with Crippen molar-refractivity contribution >= 4 is 33.6 Å². The minimum atomic E-state index is -4.97. The molecule has 3 aromatic rings. The van der Waals surface area contributed by atoms with E-state index >= 15 is 0 Å². The van der Waals surface area contributed by atoms with Crippen LogP contribution in [0.3, 0.4) is 0 Å². The zero-order valence-corrected chi connectivity index (χ0v) is 17.5. The maximum absolute atomic E-state index is 14.2. The van der Waals surface area contributed by atoms with Crippen molar-refractivity contribution in [1.82, 2.24) is 9.88 Å². The maximum atomic E-state index is 14.2. The zero-order chi connectivity index (χ0) is 24.2. The third-order valence-electron chi connectivity index (χ3n) is 4.66. The van der Waals surface area contributed by atoms with E-state index in [2.05, 4.69) is 15.9 Å². The Hall–Kier alpha value is -3.74. The summed E-state index contributed by atoms with van der Waals surface area (Å²) >= 11 is 3.18. The van der Waals surface area contributed by atoms with Gasteiger partial charge in [-0.1, -0.05) is 0 Å². The Labute approximate surface area is 188 Å². The number of carbonyl (C=O) groups is 2. The number of hydrogen-bond donors (Lipinski definition) is 2. The van der Waals surface area contributed by atoms with Gasteiger partial charge >= 0.3 is 6.18 Å². The second kappa shape index (κ2) is 7.69. The molecule has 0 saturated heterocycles. The van der Waals surface area contributed by atoms with Crippen molar-refractivity contribution in [2.75, 3.05) is 5.73 Å². The summed E-state index contributed by atoms with van der Waals surface area (Å²) in [5, 5.41) is 2.01. The summed E-state index contributed by atoms with van der Waals surface area (Å²) in [5.41, 5.74) is 3.14. The molecule has 3 N–H and O–H groups in total. The number of aromatic nitrogens is 1. The molecule has 2 heterocycles. The van der Waals surface area contributed by atoms with Gasteiger partial charge < -0.3 is 10.5 Å². The number of pyridine rings is 1. The van der Waals surface area contributed by atoms with Gasteiger partial charge in [-0.2, -0.15) is 13.2 Å². The third-order valence-corrected chi connectivity index (χ3v) is 5.33. The molecule has 0 aliphatic carbocycles. The molecule has 170 valence electrons. The number of nitrogens with one attached hydrogen (secondary N) is 1. The molecule has 0 bridgehead atoms. The zero-order valence-electron chi connectivity index (χ0n) is 15.9. The van der Waals surface area contributed by atoms with Crippen LogP contribution < -0.4 is 21.3 Å². The average Bonchev–Trinajstić information content (AvgIpc) is 2.99. The molecule has 0 spiro atoms. The van der Waals surface area contributed by atoms with Gasteiger partial charge in [-0.05, 0) is 40.2 Å². The van der Waals surface area contributed by atoms with Crippen molar-refractivity contribution in [1.29, 1.82) is 0 Å².